The first kappa shape index (κ1) is 56.1. The highest BCUT2D eigenvalue weighted by molar-refractivity contribution is 5.76. The quantitative estimate of drug-likeness (QED) is 0.0364. The Morgan fingerprint density at radius 2 is 0.702 bits per heavy atom. The summed E-state index contributed by atoms with van der Waals surface area (Å²) in [5, 5.41) is 33.6. The lowest BCUT2D eigenvalue weighted by atomic mass is 9.99. The van der Waals surface area contributed by atoms with Crippen LogP contribution >= 0.6 is 0 Å². The third-order valence-electron chi connectivity index (χ3n) is 12.4. The third-order valence-corrected chi connectivity index (χ3v) is 12.4. The molecule has 0 spiro atoms. The summed E-state index contributed by atoms with van der Waals surface area (Å²) in [6.07, 6.45) is 57.8. The molecule has 0 saturated carbocycles. The van der Waals surface area contributed by atoms with E-state index >= 15 is 0 Å². The lowest BCUT2D eigenvalue weighted by Gasteiger charge is -2.26. The second kappa shape index (κ2) is 47.8. The van der Waals surface area contributed by atoms with E-state index in [0.29, 0.717) is 12.8 Å². The number of carbonyl (C=O) groups is 1. The third kappa shape index (κ3) is 43.0. The van der Waals surface area contributed by atoms with Gasteiger partial charge < -0.3 is 20.6 Å². The predicted molar refractivity (Wildman–Crippen MR) is 250 cm³/mol. The number of allylic oxidation sites excluding steroid dienone is 2. The summed E-state index contributed by atoms with van der Waals surface area (Å²) in [4.78, 5) is 12.5. The van der Waals surface area contributed by atoms with Crippen molar-refractivity contribution in [2.75, 3.05) is 6.61 Å². The molecule has 0 heterocycles. The van der Waals surface area contributed by atoms with E-state index in [-0.39, 0.29) is 12.5 Å². The first-order valence-electron chi connectivity index (χ1n) is 26.0. The zero-order chi connectivity index (χ0) is 41.5. The van der Waals surface area contributed by atoms with Gasteiger partial charge in [-0.25, -0.2) is 0 Å². The number of rotatable bonds is 48. The second-order valence-electron chi connectivity index (χ2n) is 18.1. The Labute approximate surface area is 357 Å². The number of amides is 1. The summed E-state index contributed by atoms with van der Waals surface area (Å²) in [7, 11) is 0. The van der Waals surface area contributed by atoms with E-state index in [4.69, 9.17) is 0 Å². The van der Waals surface area contributed by atoms with Crippen LogP contribution in [0.2, 0.25) is 0 Å². The molecule has 0 bridgehead atoms. The molecular weight excluding hydrogens is 703 g/mol. The van der Waals surface area contributed by atoms with Gasteiger partial charge in [0.2, 0.25) is 5.91 Å². The highest BCUT2D eigenvalue weighted by Gasteiger charge is 2.26. The largest absolute Gasteiger partial charge is 0.394 e. The molecular formula is C52H103NO4. The van der Waals surface area contributed by atoms with Crippen molar-refractivity contribution in [1.82, 2.24) is 5.32 Å². The summed E-state index contributed by atoms with van der Waals surface area (Å²) in [5.74, 6) is -0.140. The number of aliphatic hydroxyl groups excluding tert-OH is 3. The average molecular weight is 806 g/mol. The fraction of sp³-hybridized carbons (Fsp3) is 0.942. The van der Waals surface area contributed by atoms with Gasteiger partial charge in [-0.2, -0.15) is 0 Å². The van der Waals surface area contributed by atoms with E-state index in [1.165, 1.54) is 225 Å². The van der Waals surface area contributed by atoms with E-state index in [0.717, 1.165) is 38.5 Å². The van der Waals surface area contributed by atoms with E-state index in [1.807, 2.05) is 0 Å². The van der Waals surface area contributed by atoms with Crippen molar-refractivity contribution < 1.29 is 20.1 Å². The van der Waals surface area contributed by atoms with Crippen LogP contribution in [0.5, 0.6) is 0 Å². The maximum atomic E-state index is 12.5. The molecule has 0 saturated heterocycles. The van der Waals surface area contributed by atoms with E-state index in [9.17, 15) is 20.1 Å². The van der Waals surface area contributed by atoms with Crippen molar-refractivity contribution in [2.24, 2.45) is 0 Å². The Kier molecular flexibility index (Phi) is 47.0. The van der Waals surface area contributed by atoms with Gasteiger partial charge in [0.15, 0.2) is 0 Å². The van der Waals surface area contributed by atoms with Crippen molar-refractivity contribution in [1.29, 1.82) is 0 Å². The molecule has 3 atom stereocenters. The number of hydrogen-bond donors (Lipinski definition) is 4. The van der Waals surface area contributed by atoms with E-state index in [1.54, 1.807) is 0 Å². The lowest BCUT2D eigenvalue weighted by molar-refractivity contribution is -0.124. The molecule has 4 N–H and O–H groups in total. The Morgan fingerprint density at radius 3 is 1.02 bits per heavy atom. The summed E-state index contributed by atoms with van der Waals surface area (Å²) in [6, 6.07) is -0.806. The molecule has 1 amide bonds. The molecule has 3 unspecified atom stereocenters. The smallest absolute Gasteiger partial charge is 0.220 e. The predicted octanol–water partition coefficient (Wildman–Crippen LogP) is 15.6. The van der Waals surface area contributed by atoms with Gasteiger partial charge in [0.25, 0.3) is 0 Å². The minimum Gasteiger partial charge on any atom is -0.394 e. The van der Waals surface area contributed by atoms with Gasteiger partial charge in [-0.1, -0.05) is 257 Å². The van der Waals surface area contributed by atoms with Crippen molar-refractivity contribution in [2.45, 2.75) is 308 Å². The van der Waals surface area contributed by atoms with Crippen molar-refractivity contribution >= 4 is 5.91 Å². The number of aliphatic hydroxyl groups is 3. The van der Waals surface area contributed by atoms with Crippen LogP contribution in [-0.2, 0) is 4.79 Å². The highest BCUT2D eigenvalue weighted by Crippen LogP contribution is 2.17. The van der Waals surface area contributed by atoms with Crippen molar-refractivity contribution in [3.05, 3.63) is 12.2 Å². The number of carbonyl (C=O) groups excluding carboxylic acids is 1. The fourth-order valence-corrected chi connectivity index (χ4v) is 8.34. The molecule has 0 aromatic carbocycles. The molecule has 0 aromatic rings. The molecule has 0 radical (unpaired) electrons. The minimum atomic E-state index is -1.13. The van der Waals surface area contributed by atoms with Crippen LogP contribution in [0.15, 0.2) is 12.2 Å². The molecule has 0 rings (SSSR count). The molecule has 0 aliphatic rings. The topological polar surface area (TPSA) is 89.8 Å². The van der Waals surface area contributed by atoms with Crippen LogP contribution in [0.3, 0.4) is 0 Å². The lowest BCUT2D eigenvalue weighted by Crippen LogP contribution is -2.50. The van der Waals surface area contributed by atoms with Gasteiger partial charge in [0, 0.05) is 6.42 Å². The maximum absolute atomic E-state index is 12.5. The normalized spacial score (nSPS) is 13.4. The van der Waals surface area contributed by atoms with Crippen LogP contribution in [0.25, 0.3) is 0 Å². The SMILES string of the molecule is CCCCCCCCCCCCCC/C=C\CCCCCCCCCCCCCCCC(=O)NC(CO)C(O)C(O)CCCCCCCCCCCCCCCC. The first-order valence-corrected chi connectivity index (χ1v) is 26.0. The van der Waals surface area contributed by atoms with Crippen LogP contribution in [0, 0.1) is 0 Å². The zero-order valence-electron chi connectivity index (χ0n) is 38.7. The minimum absolute atomic E-state index is 0.140. The van der Waals surface area contributed by atoms with Gasteiger partial charge in [-0.05, 0) is 38.5 Å². The first-order chi connectivity index (χ1) is 28.1. The molecule has 0 fully saturated rings. The Bertz CT molecular complexity index is 803. The Balaban J connectivity index is 3.50. The summed E-state index contributed by atoms with van der Waals surface area (Å²) in [5.41, 5.74) is 0. The fourth-order valence-electron chi connectivity index (χ4n) is 8.34. The number of nitrogens with one attached hydrogen (secondary N) is 1. The highest BCUT2D eigenvalue weighted by atomic mass is 16.3. The summed E-state index contributed by atoms with van der Waals surface area (Å²) in [6.45, 7) is 4.20. The van der Waals surface area contributed by atoms with E-state index < -0.39 is 18.2 Å². The van der Waals surface area contributed by atoms with Gasteiger partial charge >= 0.3 is 0 Å². The summed E-state index contributed by atoms with van der Waals surface area (Å²) < 4.78 is 0. The molecule has 5 heteroatoms. The molecule has 0 aromatic heterocycles. The van der Waals surface area contributed by atoms with Gasteiger partial charge in [0.05, 0.1) is 18.8 Å². The second-order valence-corrected chi connectivity index (χ2v) is 18.1. The van der Waals surface area contributed by atoms with Crippen LogP contribution in [0.4, 0.5) is 0 Å². The average Bonchev–Trinajstić information content (AvgIpc) is 3.22. The van der Waals surface area contributed by atoms with Crippen LogP contribution < -0.4 is 5.32 Å². The summed E-state index contributed by atoms with van der Waals surface area (Å²) >= 11 is 0. The van der Waals surface area contributed by atoms with Gasteiger partial charge in [-0.15, -0.1) is 0 Å². The number of unbranched alkanes of at least 4 members (excludes halogenated alkanes) is 38. The van der Waals surface area contributed by atoms with Crippen molar-refractivity contribution in [3.63, 3.8) is 0 Å². The molecule has 340 valence electrons. The van der Waals surface area contributed by atoms with Gasteiger partial charge in [-0.3, -0.25) is 4.79 Å². The van der Waals surface area contributed by atoms with Gasteiger partial charge in [0.1, 0.15) is 6.10 Å². The van der Waals surface area contributed by atoms with Crippen LogP contribution in [-0.4, -0.2) is 46.1 Å². The number of hydrogen-bond acceptors (Lipinski definition) is 4. The Morgan fingerprint density at radius 1 is 0.421 bits per heavy atom. The monoisotopic (exact) mass is 806 g/mol. The van der Waals surface area contributed by atoms with Crippen LogP contribution in [0.1, 0.15) is 290 Å². The molecule has 5 nitrogen and oxygen atoms in total. The molecule has 0 aliphatic carbocycles. The molecule has 57 heavy (non-hydrogen) atoms. The molecule has 0 aliphatic heterocycles. The zero-order valence-corrected chi connectivity index (χ0v) is 38.7. The Hall–Kier alpha value is -0.910. The maximum Gasteiger partial charge on any atom is 0.220 e. The standard InChI is InChI=1S/C52H103NO4/c1-3-5-7-9-11-13-15-17-19-20-21-22-23-24-25-26-27-28-29-30-31-32-33-35-37-39-41-43-45-47-51(56)53-49(48-54)52(57)50(55)46-44-42-40-38-36-34-18-16-14-12-10-8-6-4-2/h24-25,49-50,52,54-55,57H,3-23,26-48H2,1-2H3,(H,53,56)/b25-24-. The van der Waals surface area contributed by atoms with Crippen molar-refractivity contribution in [3.8, 4) is 0 Å². The van der Waals surface area contributed by atoms with E-state index in [2.05, 4.69) is 31.3 Å².